The summed E-state index contributed by atoms with van der Waals surface area (Å²) in [7, 11) is -4.69. The third-order valence-electron chi connectivity index (χ3n) is 5.60. The van der Waals surface area contributed by atoms with E-state index in [9.17, 15) is 22.9 Å². The van der Waals surface area contributed by atoms with Gasteiger partial charge < -0.3 is 36.4 Å². The van der Waals surface area contributed by atoms with Crippen molar-refractivity contribution in [1.82, 2.24) is 0 Å². The summed E-state index contributed by atoms with van der Waals surface area (Å²) >= 11 is 0. The van der Waals surface area contributed by atoms with Gasteiger partial charge in [0.15, 0.2) is 5.78 Å². The number of nitrogens with zero attached hydrogens (tertiary/aromatic N) is 1. The summed E-state index contributed by atoms with van der Waals surface area (Å²) in [5.74, 6) is -0.124. The Hall–Kier alpha value is -3.15. The quantitative estimate of drug-likeness (QED) is 0.239. The number of phenols is 1. The van der Waals surface area contributed by atoms with E-state index < -0.39 is 15.2 Å². The van der Waals surface area contributed by atoms with E-state index >= 15 is 0 Å². The minimum Gasteiger partial charge on any atom is -0.744 e. The maximum absolute atomic E-state index is 11.7. The number of allylic oxidation sites excluding steroid dienone is 5. The molecule has 11 nitrogen and oxygen atoms in total. The molecule has 2 aromatic carbocycles. The topological polar surface area (TPSA) is 213 Å². The summed E-state index contributed by atoms with van der Waals surface area (Å²) in [4.78, 5) is 19.3. The van der Waals surface area contributed by atoms with Crippen LogP contribution >= 0.6 is 0 Å². The number of phenolic OH excluding ortho intramolecular Hbond substituents is 1. The normalized spacial score (nSPS) is 18.2. The van der Waals surface area contributed by atoms with Crippen LogP contribution in [-0.4, -0.2) is 41.0 Å². The number of benzene rings is 2. The number of carbonyl (C=O) groups is 1. The first-order chi connectivity index (χ1) is 17.4. The van der Waals surface area contributed by atoms with Gasteiger partial charge in [0.1, 0.15) is 15.9 Å². The van der Waals surface area contributed by atoms with Gasteiger partial charge in [0.05, 0.1) is 9.98 Å². The van der Waals surface area contributed by atoms with Crippen LogP contribution in [0.3, 0.4) is 0 Å². The summed E-state index contributed by atoms with van der Waals surface area (Å²) in [5.41, 5.74) is 13.2. The molecule has 0 spiro atoms. The van der Waals surface area contributed by atoms with Crippen LogP contribution in [0.5, 0.6) is 5.75 Å². The molecule has 2 aliphatic rings. The Morgan fingerprint density at radius 2 is 1.37 bits per heavy atom. The van der Waals surface area contributed by atoms with Crippen molar-refractivity contribution in [1.29, 1.82) is 0 Å². The molecule has 2 aromatic rings. The van der Waals surface area contributed by atoms with Gasteiger partial charge in [0.25, 0.3) is 0 Å². The van der Waals surface area contributed by atoms with Crippen molar-refractivity contribution in [2.45, 2.75) is 42.7 Å². The smallest absolute Gasteiger partial charge is 0.744 e. The second kappa shape index (κ2) is 15.3. The Morgan fingerprint density at radius 1 is 0.895 bits per heavy atom. The fourth-order valence-corrected chi connectivity index (χ4v) is 4.49. The SMILES string of the molecule is NC1CCCCC1N.O=C1C=CC(=C(c2ccc(O)cc2)c2ccccc2S(=O)(=O)[O-])C=C1.O=[N+]([O-])[O-].[Pt+4]. The van der Waals surface area contributed by atoms with Gasteiger partial charge in [-0.2, -0.15) is 0 Å². The molecule has 0 amide bonds. The second-order valence-corrected chi connectivity index (χ2v) is 9.58. The number of carbonyl (C=O) groups excluding carboxylic acids is 1. The molecule has 13 heteroatoms. The Kier molecular flexibility index (Phi) is 13.2. The number of hydrogen-bond donors (Lipinski definition) is 3. The van der Waals surface area contributed by atoms with Crippen LogP contribution in [-0.2, 0) is 36.0 Å². The molecule has 0 radical (unpaired) electrons. The Morgan fingerprint density at radius 3 is 1.82 bits per heavy atom. The van der Waals surface area contributed by atoms with Crippen molar-refractivity contribution < 1.29 is 49.0 Å². The van der Waals surface area contributed by atoms with Crippen molar-refractivity contribution in [3.8, 4) is 5.75 Å². The van der Waals surface area contributed by atoms with Crippen molar-refractivity contribution >= 4 is 21.5 Å². The summed E-state index contributed by atoms with van der Waals surface area (Å²) in [6.07, 6.45) is 10.7. The molecule has 38 heavy (non-hydrogen) atoms. The third-order valence-corrected chi connectivity index (χ3v) is 6.49. The predicted octanol–water partition coefficient (Wildman–Crippen LogP) is 2.77. The average Bonchev–Trinajstić information content (AvgIpc) is 2.83. The van der Waals surface area contributed by atoms with E-state index in [-0.39, 0.29) is 55.1 Å². The zero-order valence-corrected chi connectivity index (χ0v) is 23.1. The van der Waals surface area contributed by atoms with Gasteiger partial charge >= 0.3 is 21.1 Å². The first-order valence-corrected chi connectivity index (χ1v) is 12.6. The molecular weight excluding hydrogens is 697 g/mol. The molecular formula is C25H27N3O8PtS+2. The molecule has 2 unspecified atom stereocenters. The zero-order valence-electron chi connectivity index (χ0n) is 20.0. The molecule has 5 N–H and O–H groups in total. The standard InChI is InChI=1S/C19H14O5S.C6H14N2.NO3.Pt/c20-15-9-5-13(6-10-15)19(14-7-11-16(21)12-8-14)17-3-1-2-4-18(17)25(22,23)24;7-5-3-1-2-4-6(5)8;2-1(3)4;/h1-12,20H,(H,22,23,24);5-6H,1-4,7-8H2;;/q;;-1;+4/p-1. The van der Waals surface area contributed by atoms with E-state index in [0.29, 0.717) is 16.7 Å². The maximum atomic E-state index is 11.7. The molecule has 0 bridgehead atoms. The minimum atomic E-state index is -4.69. The number of rotatable bonds is 3. The van der Waals surface area contributed by atoms with Crippen LogP contribution in [0.15, 0.2) is 83.3 Å². The summed E-state index contributed by atoms with van der Waals surface area (Å²) in [6.45, 7) is 0. The Labute approximate surface area is 234 Å². The van der Waals surface area contributed by atoms with Gasteiger partial charge in [-0.25, -0.2) is 8.42 Å². The summed E-state index contributed by atoms with van der Waals surface area (Å²) < 4.78 is 35.0. The number of ketones is 1. The fraction of sp³-hybridized carbons (Fsp3) is 0.240. The maximum Gasteiger partial charge on any atom is 4.00 e. The minimum absolute atomic E-state index is 0. The molecule has 1 fully saturated rings. The largest absolute Gasteiger partial charge is 4.00 e. The van der Waals surface area contributed by atoms with Crippen LogP contribution < -0.4 is 11.5 Å². The van der Waals surface area contributed by atoms with Crippen LogP contribution in [0, 0.1) is 15.3 Å². The molecule has 1 saturated carbocycles. The van der Waals surface area contributed by atoms with Gasteiger partial charge in [0, 0.05) is 17.6 Å². The van der Waals surface area contributed by atoms with Crippen molar-refractivity contribution in [3.05, 3.63) is 105 Å². The molecule has 0 saturated heterocycles. The Bertz CT molecular complexity index is 1280. The summed E-state index contributed by atoms with van der Waals surface area (Å²) in [6, 6.07) is 12.6. The fourth-order valence-electron chi connectivity index (χ4n) is 3.81. The van der Waals surface area contributed by atoms with E-state index in [1.807, 2.05) is 0 Å². The van der Waals surface area contributed by atoms with E-state index in [1.165, 1.54) is 55.3 Å². The Balaban J connectivity index is 0.000000462. The van der Waals surface area contributed by atoms with Crippen molar-refractivity contribution in [2.24, 2.45) is 11.5 Å². The van der Waals surface area contributed by atoms with Crippen molar-refractivity contribution in [3.63, 3.8) is 0 Å². The van der Waals surface area contributed by atoms with E-state index in [1.54, 1.807) is 30.4 Å². The van der Waals surface area contributed by atoms with E-state index in [2.05, 4.69) is 0 Å². The number of aromatic hydroxyl groups is 1. The molecule has 4 rings (SSSR count). The van der Waals surface area contributed by atoms with Crippen LogP contribution in [0.1, 0.15) is 36.8 Å². The van der Waals surface area contributed by atoms with Crippen LogP contribution in [0.2, 0.25) is 0 Å². The zero-order chi connectivity index (χ0) is 27.6. The number of nitrogens with two attached hydrogens (primary N) is 2. The number of hydrogen-bond acceptors (Lipinski definition) is 10. The second-order valence-electron chi connectivity index (χ2n) is 8.23. The van der Waals surface area contributed by atoms with Gasteiger partial charge in [0.2, 0.25) is 0 Å². The van der Waals surface area contributed by atoms with Gasteiger partial charge in [-0.3, -0.25) is 4.79 Å². The molecule has 0 aliphatic heterocycles. The summed E-state index contributed by atoms with van der Waals surface area (Å²) in [5, 5.41) is 24.3. The first kappa shape index (κ1) is 32.9. The molecule has 204 valence electrons. The molecule has 2 aliphatic carbocycles. The monoisotopic (exact) mass is 724 g/mol. The van der Waals surface area contributed by atoms with Gasteiger partial charge in [-0.05, 0) is 59.9 Å². The van der Waals surface area contributed by atoms with Crippen LogP contribution in [0.25, 0.3) is 5.57 Å². The average molecular weight is 725 g/mol. The van der Waals surface area contributed by atoms with Crippen LogP contribution in [0.4, 0.5) is 0 Å². The molecule has 0 heterocycles. The molecule has 2 atom stereocenters. The van der Waals surface area contributed by atoms with Crippen molar-refractivity contribution in [2.75, 3.05) is 0 Å². The first-order valence-electron chi connectivity index (χ1n) is 11.2. The van der Waals surface area contributed by atoms with Gasteiger partial charge in [-0.1, -0.05) is 55.3 Å². The molecule has 0 aromatic heterocycles. The predicted molar refractivity (Wildman–Crippen MR) is 137 cm³/mol. The third kappa shape index (κ3) is 10.3. The van der Waals surface area contributed by atoms with E-state index in [0.717, 1.165) is 12.8 Å². The van der Waals surface area contributed by atoms with Gasteiger partial charge in [-0.15, -0.1) is 0 Å². The van der Waals surface area contributed by atoms with E-state index in [4.69, 9.17) is 26.8 Å².